The van der Waals surface area contributed by atoms with Crippen molar-refractivity contribution in [2.75, 3.05) is 26.8 Å². The topological polar surface area (TPSA) is 43.4 Å². The first-order valence-corrected chi connectivity index (χ1v) is 6.39. The van der Waals surface area contributed by atoms with Crippen LogP contribution in [0.5, 0.6) is 11.6 Å². The molecule has 2 atom stereocenters. The summed E-state index contributed by atoms with van der Waals surface area (Å²) in [6.45, 7) is 2.33. The molecule has 110 valence electrons. The zero-order valence-corrected chi connectivity index (χ0v) is 11.0. The van der Waals surface area contributed by atoms with E-state index in [9.17, 15) is 13.2 Å². The lowest BCUT2D eigenvalue weighted by atomic mass is 10.1. The molecule has 1 aliphatic heterocycles. The molecule has 0 amide bonds. The number of alkyl halides is 3. The van der Waals surface area contributed by atoms with Gasteiger partial charge in [0.15, 0.2) is 5.75 Å². The molecule has 20 heavy (non-hydrogen) atoms. The summed E-state index contributed by atoms with van der Waals surface area (Å²) in [6, 6.07) is 0.914. The Bertz CT molecular complexity index is 521. The second kappa shape index (κ2) is 4.51. The van der Waals surface area contributed by atoms with Gasteiger partial charge in [-0.15, -0.1) is 0 Å². The van der Waals surface area contributed by atoms with Gasteiger partial charge in [0.2, 0.25) is 0 Å². The molecule has 1 N–H and O–H groups in total. The third-order valence-corrected chi connectivity index (χ3v) is 4.09. The van der Waals surface area contributed by atoms with Gasteiger partial charge < -0.3 is 14.8 Å². The average Bonchev–Trinajstić information content (AvgIpc) is 2.96. The highest BCUT2D eigenvalue weighted by molar-refractivity contribution is 5.37. The second-order valence-electron chi connectivity index (χ2n) is 5.41. The maximum atomic E-state index is 12.6. The van der Waals surface area contributed by atoms with Crippen LogP contribution in [-0.2, 0) is 6.18 Å². The molecule has 2 heterocycles. The van der Waals surface area contributed by atoms with Crippen molar-refractivity contribution in [2.45, 2.75) is 12.6 Å². The zero-order valence-electron chi connectivity index (χ0n) is 11.0. The van der Waals surface area contributed by atoms with Crippen LogP contribution in [-0.4, -0.2) is 31.8 Å². The van der Waals surface area contributed by atoms with Gasteiger partial charge in [-0.25, -0.2) is 4.98 Å². The number of aromatic nitrogens is 1. The number of hydrogen-bond donors (Lipinski definition) is 1. The van der Waals surface area contributed by atoms with Gasteiger partial charge in [0.1, 0.15) is 0 Å². The summed E-state index contributed by atoms with van der Waals surface area (Å²) in [5.41, 5.74) is -0.707. The van der Waals surface area contributed by atoms with E-state index in [0.29, 0.717) is 12.5 Å². The van der Waals surface area contributed by atoms with Crippen molar-refractivity contribution >= 4 is 0 Å². The molecular formula is C13H15F3N2O2. The van der Waals surface area contributed by atoms with Crippen molar-refractivity contribution in [3.05, 3.63) is 17.8 Å². The average molecular weight is 288 g/mol. The number of pyridine rings is 1. The van der Waals surface area contributed by atoms with E-state index in [1.807, 2.05) is 0 Å². The van der Waals surface area contributed by atoms with E-state index >= 15 is 0 Å². The van der Waals surface area contributed by atoms with Crippen LogP contribution in [0.3, 0.4) is 0 Å². The van der Waals surface area contributed by atoms with E-state index in [4.69, 9.17) is 9.47 Å². The summed E-state index contributed by atoms with van der Waals surface area (Å²) in [5.74, 6) is 0.745. The first-order valence-electron chi connectivity index (χ1n) is 6.39. The molecule has 0 spiro atoms. The normalized spacial score (nSPS) is 28.1. The molecule has 0 aromatic carbocycles. The van der Waals surface area contributed by atoms with Crippen molar-refractivity contribution in [1.82, 2.24) is 10.3 Å². The van der Waals surface area contributed by atoms with Gasteiger partial charge in [0.25, 0.3) is 5.88 Å². The Morgan fingerprint density at radius 3 is 2.85 bits per heavy atom. The van der Waals surface area contributed by atoms with Crippen LogP contribution in [0.4, 0.5) is 13.2 Å². The smallest absolute Gasteiger partial charge is 0.418 e. The lowest BCUT2D eigenvalue weighted by Crippen LogP contribution is -2.22. The standard InChI is InChI=1S/C13H15F3N2O2/c1-19-10-2-8(13(14,15)16)5-18-11(10)20-7-12-3-9(12)4-17-6-12/h2,5,9,17H,3-4,6-7H2,1H3. The molecule has 2 unspecified atom stereocenters. The predicted molar refractivity (Wildman–Crippen MR) is 64.7 cm³/mol. The van der Waals surface area contributed by atoms with Gasteiger partial charge in [-0.1, -0.05) is 0 Å². The van der Waals surface area contributed by atoms with Crippen LogP contribution >= 0.6 is 0 Å². The minimum absolute atomic E-state index is 0.0133. The fourth-order valence-electron chi connectivity index (χ4n) is 2.71. The number of rotatable bonds is 4. The summed E-state index contributed by atoms with van der Waals surface area (Å²) in [5, 5.41) is 3.28. The van der Waals surface area contributed by atoms with Gasteiger partial charge in [0.05, 0.1) is 19.3 Å². The Morgan fingerprint density at radius 1 is 1.50 bits per heavy atom. The number of fused-ring (bicyclic) bond motifs is 1. The van der Waals surface area contributed by atoms with Crippen molar-refractivity contribution in [1.29, 1.82) is 0 Å². The molecule has 3 rings (SSSR count). The van der Waals surface area contributed by atoms with Gasteiger partial charge >= 0.3 is 6.18 Å². The van der Waals surface area contributed by atoms with Crippen LogP contribution in [0, 0.1) is 11.3 Å². The van der Waals surface area contributed by atoms with Crippen LogP contribution in [0.25, 0.3) is 0 Å². The van der Waals surface area contributed by atoms with Gasteiger partial charge in [-0.2, -0.15) is 13.2 Å². The monoisotopic (exact) mass is 288 g/mol. The molecule has 1 aromatic heterocycles. The highest BCUT2D eigenvalue weighted by Crippen LogP contribution is 2.55. The molecular weight excluding hydrogens is 273 g/mol. The summed E-state index contributed by atoms with van der Waals surface area (Å²) < 4.78 is 48.3. The summed E-state index contributed by atoms with van der Waals surface area (Å²) >= 11 is 0. The Labute approximate surface area is 114 Å². The van der Waals surface area contributed by atoms with Crippen molar-refractivity contribution < 1.29 is 22.6 Å². The van der Waals surface area contributed by atoms with Crippen molar-refractivity contribution in [2.24, 2.45) is 11.3 Å². The summed E-state index contributed by atoms with van der Waals surface area (Å²) in [6.07, 6.45) is -2.57. The van der Waals surface area contributed by atoms with E-state index in [1.54, 1.807) is 0 Å². The molecule has 0 bridgehead atoms. The third kappa shape index (κ3) is 2.30. The number of halogens is 3. The molecule has 4 nitrogen and oxygen atoms in total. The number of methoxy groups -OCH3 is 1. The minimum Gasteiger partial charge on any atom is -0.491 e. The Balaban J connectivity index is 1.73. The maximum Gasteiger partial charge on any atom is 0.418 e. The maximum absolute atomic E-state index is 12.6. The van der Waals surface area contributed by atoms with Gasteiger partial charge in [-0.05, 0) is 24.9 Å². The SMILES string of the molecule is COc1cc(C(F)(F)F)cnc1OCC12CNCC1C2. The summed E-state index contributed by atoms with van der Waals surface area (Å²) in [4.78, 5) is 3.74. The van der Waals surface area contributed by atoms with Crippen molar-refractivity contribution in [3.8, 4) is 11.6 Å². The second-order valence-corrected chi connectivity index (χ2v) is 5.41. The minimum atomic E-state index is -4.44. The first kappa shape index (κ1) is 13.5. The lowest BCUT2D eigenvalue weighted by Gasteiger charge is -2.15. The largest absolute Gasteiger partial charge is 0.491 e. The quantitative estimate of drug-likeness (QED) is 0.921. The molecule has 1 aromatic rings. The highest BCUT2D eigenvalue weighted by Gasteiger charge is 2.57. The van der Waals surface area contributed by atoms with E-state index in [-0.39, 0.29) is 17.0 Å². The van der Waals surface area contributed by atoms with Gasteiger partial charge in [-0.3, -0.25) is 0 Å². The predicted octanol–water partition coefficient (Wildman–Crippen LogP) is 2.10. The zero-order chi connectivity index (χ0) is 14.4. The number of hydrogen-bond acceptors (Lipinski definition) is 4. The molecule has 1 saturated carbocycles. The van der Waals surface area contributed by atoms with Crippen LogP contribution in [0.1, 0.15) is 12.0 Å². The Kier molecular flexibility index (Phi) is 3.04. The molecule has 2 aliphatic rings. The molecule has 1 saturated heterocycles. The fourth-order valence-corrected chi connectivity index (χ4v) is 2.71. The molecule has 1 aliphatic carbocycles. The van der Waals surface area contributed by atoms with Crippen molar-refractivity contribution in [3.63, 3.8) is 0 Å². The third-order valence-electron chi connectivity index (χ3n) is 4.09. The van der Waals surface area contributed by atoms with Crippen LogP contribution < -0.4 is 14.8 Å². The number of ether oxygens (including phenoxy) is 2. The van der Waals surface area contributed by atoms with E-state index in [0.717, 1.165) is 31.8 Å². The molecule has 0 radical (unpaired) electrons. The van der Waals surface area contributed by atoms with E-state index < -0.39 is 11.7 Å². The van der Waals surface area contributed by atoms with Gasteiger partial charge in [0, 0.05) is 18.2 Å². The fraction of sp³-hybridized carbons (Fsp3) is 0.615. The van der Waals surface area contributed by atoms with Crippen LogP contribution in [0.15, 0.2) is 12.3 Å². The van der Waals surface area contributed by atoms with E-state index in [1.165, 1.54) is 7.11 Å². The highest BCUT2D eigenvalue weighted by atomic mass is 19.4. The van der Waals surface area contributed by atoms with Crippen LogP contribution in [0.2, 0.25) is 0 Å². The van der Waals surface area contributed by atoms with E-state index in [2.05, 4.69) is 10.3 Å². The summed E-state index contributed by atoms with van der Waals surface area (Å²) in [7, 11) is 1.30. The Morgan fingerprint density at radius 2 is 2.30 bits per heavy atom. The molecule has 7 heteroatoms. The number of nitrogens with one attached hydrogen (secondary N) is 1. The number of piperidine rings is 1. The Hall–Kier alpha value is -1.50. The molecule has 2 fully saturated rings. The number of nitrogens with zero attached hydrogens (tertiary/aromatic N) is 1. The lowest BCUT2D eigenvalue weighted by molar-refractivity contribution is -0.138. The first-order chi connectivity index (χ1) is 9.44.